The number of rotatable bonds is 22. The Balaban J connectivity index is 0. The number of aliphatic hydroxyl groups is 1. The monoisotopic (exact) mass is 458 g/mol. The third-order valence-corrected chi connectivity index (χ3v) is 7.01. The van der Waals surface area contributed by atoms with Gasteiger partial charge in [0.15, 0.2) is 0 Å². The van der Waals surface area contributed by atoms with Crippen molar-refractivity contribution in [2.45, 2.75) is 141 Å². The number of hydrogen-bond donors (Lipinski definition) is 1. The fraction of sp³-hybridized carbons (Fsp3) is 1.00. The van der Waals surface area contributed by atoms with Crippen molar-refractivity contribution in [3.63, 3.8) is 0 Å². The third-order valence-electron chi connectivity index (χ3n) is 5.72. The molecule has 6 heteroatoms. The molecule has 0 aliphatic heterocycles. The molecule has 4 nitrogen and oxygen atoms in total. The first-order valence-corrected chi connectivity index (χ1v) is 13.5. The molecule has 0 amide bonds. The maximum atomic E-state index is 11.4. The van der Waals surface area contributed by atoms with Gasteiger partial charge in [-0.15, -0.1) is 0 Å². The van der Waals surface area contributed by atoms with Crippen molar-refractivity contribution in [1.82, 2.24) is 0 Å². The van der Waals surface area contributed by atoms with E-state index in [1.165, 1.54) is 77.0 Å². The second-order valence-electron chi connectivity index (χ2n) is 8.43. The van der Waals surface area contributed by atoms with E-state index in [1.807, 2.05) is 0 Å². The first-order valence-electron chi connectivity index (χ1n) is 12.1. The van der Waals surface area contributed by atoms with Crippen LogP contribution in [-0.2, 0) is 10.1 Å². The van der Waals surface area contributed by atoms with Crippen molar-refractivity contribution < 1.29 is 69.5 Å². The van der Waals surface area contributed by atoms with Gasteiger partial charge in [0, 0.05) is 11.9 Å². The summed E-state index contributed by atoms with van der Waals surface area (Å²) in [4.78, 5) is 0. The van der Waals surface area contributed by atoms with Crippen LogP contribution in [0.3, 0.4) is 0 Å². The zero-order valence-corrected chi connectivity index (χ0v) is 23.4. The predicted molar refractivity (Wildman–Crippen MR) is 119 cm³/mol. The molecular weight excluding hydrogens is 411 g/mol. The van der Waals surface area contributed by atoms with Gasteiger partial charge in [-0.3, -0.25) is 0 Å². The maximum absolute atomic E-state index is 11.4. The molecule has 0 aromatic heterocycles. The van der Waals surface area contributed by atoms with Crippen molar-refractivity contribution in [3.8, 4) is 0 Å². The minimum absolute atomic E-state index is 0. The minimum Gasteiger partial charge on any atom is -0.748 e. The zero-order valence-electron chi connectivity index (χ0n) is 19.5. The van der Waals surface area contributed by atoms with E-state index in [9.17, 15) is 13.0 Å². The first kappa shape index (κ1) is 32.7. The van der Waals surface area contributed by atoms with E-state index in [0.717, 1.165) is 25.7 Å². The summed E-state index contributed by atoms with van der Waals surface area (Å²) in [5.74, 6) is 0. The fourth-order valence-corrected chi connectivity index (χ4v) is 4.75. The standard InChI is InChI=1S/C23H48O4S.K/c1-2-3-4-5-6-7-8-9-10-11-12-13-14-15-17-20-23(28(25,26)27)21-18-16-19-22-24;/h23-24H,2-22H2,1H3,(H,25,26,27);/q;+1/p-1. The van der Waals surface area contributed by atoms with Crippen LogP contribution in [0.5, 0.6) is 0 Å². The Labute approximate surface area is 224 Å². The molecular formula is C23H47KO4S. The molecule has 1 unspecified atom stereocenters. The molecule has 0 fully saturated rings. The second kappa shape index (κ2) is 24.2. The molecule has 0 spiro atoms. The van der Waals surface area contributed by atoms with Crippen LogP contribution >= 0.6 is 0 Å². The molecule has 0 aliphatic rings. The summed E-state index contributed by atoms with van der Waals surface area (Å²) >= 11 is 0. The molecule has 0 aliphatic carbocycles. The van der Waals surface area contributed by atoms with Gasteiger partial charge in [0.2, 0.25) is 0 Å². The largest absolute Gasteiger partial charge is 1.00 e. The molecule has 0 aromatic carbocycles. The van der Waals surface area contributed by atoms with Crippen LogP contribution in [-0.4, -0.2) is 29.9 Å². The van der Waals surface area contributed by atoms with Crippen molar-refractivity contribution in [2.24, 2.45) is 0 Å². The molecule has 0 rings (SSSR count). The Morgan fingerprint density at radius 2 is 0.931 bits per heavy atom. The van der Waals surface area contributed by atoms with Crippen LogP contribution < -0.4 is 51.4 Å². The molecule has 29 heavy (non-hydrogen) atoms. The number of unbranched alkanes of at least 4 members (excludes halogenated alkanes) is 16. The Morgan fingerprint density at radius 3 is 1.24 bits per heavy atom. The Bertz CT molecular complexity index is 415. The van der Waals surface area contributed by atoms with Gasteiger partial charge >= 0.3 is 51.4 Å². The molecule has 0 saturated carbocycles. The topological polar surface area (TPSA) is 77.4 Å². The summed E-state index contributed by atoms with van der Waals surface area (Å²) < 4.78 is 34.1. The SMILES string of the molecule is CCCCCCCCCCCCCCCCCC(CCCCCO)S(=O)(=O)[O-].[K+]. The van der Waals surface area contributed by atoms with E-state index < -0.39 is 15.4 Å². The second-order valence-corrected chi connectivity index (χ2v) is 10.1. The molecule has 0 aromatic rings. The Morgan fingerprint density at radius 1 is 0.621 bits per heavy atom. The van der Waals surface area contributed by atoms with Gasteiger partial charge in [0.25, 0.3) is 0 Å². The maximum Gasteiger partial charge on any atom is 1.00 e. The van der Waals surface area contributed by atoms with Gasteiger partial charge in [-0.2, -0.15) is 0 Å². The molecule has 0 bridgehead atoms. The van der Waals surface area contributed by atoms with Crippen molar-refractivity contribution in [3.05, 3.63) is 0 Å². The van der Waals surface area contributed by atoms with E-state index in [2.05, 4.69) is 6.92 Å². The molecule has 0 heterocycles. The summed E-state index contributed by atoms with van der Waals surface area (Å²) in [7, 11) is -4.18. The van der Waals surface area contributed by atoms with Crippen molar-refractivity contribution in [1.29, 1.82) is 0 Å². The quantitative estimate of drug-likeness (QED) is 0.152. The zero-order chi connectivity index (χ0) is 20.9. The first-order chi connectivity index (χ1) is 13.5. The van der Waals surface area contributed by atoms with E-state index in [1.54, 1.807) is 0 Å². The van der Waals surface area contributed by atoms with Crippen molar-refractivity contribution >= 4 is 10.1 Å². The van der Waals surface area contributed by atoms with Crippen LogP contribution in [0.4, 0.5) is 0 Å². The van der Waals surface area contributed by atoms with Crippen LogP contribution in [0.15, 0.2) is 0 Å². The Hall–Kier alpha value is 1.51. The van der Waals surface area contributed by atoms with E-state index in [-0.39, 0.29) is 58.0 Å². The summed E-state index contributed by atoms with van der Waals surface area (Å²) in [6.45, 7) is 2.39. The minimum atomic E-state index is -4.18. The average molecular weight is 459 g/mol. The molecule has 170 valence electrons. The van der Waals surface area contributed by atoms with Gasteiger partial charge in [0.1, 0.15) is 0 Å². The predicted octanol–water partition coefficient (Wildman–Crippen LogP) is 3.72. The van der Waals surface area contributed by atoms with Crippen LogP contribution in [0.25, 0.3) is 0 Å². The van der Waals surface area contributed by atoms with Crippen molar-refractivity contribution in [2.75, 3.05) is 6.61 Å². The molecule has 0 radical (unpaired) electrons. The molecule has 0 saturated heterocycles. The van der Waals surface area contributed by atoms with Crippen LogP contribution in [0, 0.1) is 0 Å². The van der Waals surface area contributed by atoms with E-state index >= 15 is 0 Å². The average Bonchev–Trinajstić information content (AvgIpc) is 2.65. The third kappa shape index (κ3) is 24.0. The number of aliphatic hydroxyl groups excluding tert-OH is 1. The van der Waals surface area contributed by atoms with Gasteiger partial charge in [-0.1, -0.05) is 116 Å². The summed E-state index contributed by atoms with van der Waals surface area (Å²) in [6.07, 6.45) is 22.4. The Kier molecular flexibility index (Phi) is 27.2. The summed E-state index contributed by atoms with van der Waals surface area (Å²) in [5.41, 5.74) is 0. The molecule has 1 N–H and O–H groups in total. The van der Waals surface area contributed by atoms with Gasteiger partial charge in [-0.05, 0) is 19.3 Å². The van der Waals surface area contributed by atoms with E-state index in [0.29, 0.717) is 25.7 Å². The van der Waals surface area contributed by atoms with Crippen LogP contribution in [0.1, 0.15) is 135 Å². The van der Waals surface area contributed by atoms with Crippen LogP contribution in [0.2, 0.25) is 0 Å². The number of hydrogen-bond acceptors (Lipinski definition) is 4. The van der Waals surface area contributed by atoms with Gasteiger partial charge < -0.3 is 9.66 Å². The van der Waals surface area contributed by atoms with Gasteiger partial charge in [0.05, 0.1) is 10.1 Å². The normalized spacial score (nSPS) is 12.7. The summed E-state index contributed by atoms with van der Waals surface area (Å²) in [5, 5.41) is 8.03. The molecule has 1 atom stereocenters. The smallest absolute Gasteiger partial charge is 0.748 e. The summed E-state index contributed by atoms with van der Waals surface area (Å²) in [6, 6.07) is 0. The van der Waals surface area contributed by atoms with Gasteiger partial charge in [-0.25, -0.2) is 8.42 Å². The van der Waals surface area contributed by atoms with E-state index in [4.69, 9.17) is 5.11 Å². The fourth-order valence-electron chi connectivity index (χ4n) is 3.84.